The first-order chi connectivity index (χ1) is 8.34. The van der Waals surface area contributed by atoms with Gasteiger partial charge in [0.2, 0.25) is 5.95 Å². The summed E-state index contributed by atoms with van der Waals surface area (Å²) in [4.78, 5) is 25.1. The van der Waals surface area contributed by atoms with Crippen LogP contribution in [-0.4, -0.2) is 28.0 Å². The molecule has 0 bridgehead atoms. The second-order valence-electron chi connectivity index (χ2n) is 4.32. The summed E-state index contributed by atoms with van der Waals surface area (Å²) in [5.41, 5.74) is 0.581. The molecule has 1 aliphatic heterocycles. The van der Waals surface area contributed by atoms with Gasteiger partial charge in [0.15, 0.2) is 0 Å². The zero-order valence-electron chi connectivity index (χ0n) is 9.52. The van der Waals surface area contributed by atoms with Crippen LogP contribution in [0.1, 0.15) is 19.3 Å². The Balaban J connectivity index is 2.04. The van der Waals surface area contributed by atoms with Crippen LogP contribution < -0.4 is 10.5 Å². The lowest BCUT2D eigenvalue weighted by molar-refractivity contribution is 0.569. The molecule has 2 aromatic heterocycles. The van der Waals surface area contributed by atoms with E-state index in [0.29, 0.717) is 10.9 Å². The number of pyridine rings is 1. The Morgan fingerprint density at radius 2 is 2.06 bits per heavy atom. The summed E-state index contributed by atoms with van der Waals surface area (Å²) in [7, 11) is 0. The summed E-state index contributed by atoms with van der Waals surface area (Å²) in [6.45, 7) is 2.02. The lowest BCUT2D eigenvalue weighted by Gasteiger charge is -2.26. The van der Waals surface area contributed by atoms with Crippen molar-refractivity contribution in [2.24, 2.45) is 0 Å². The van der Waals surface area contributed by atoms with Gasteiger partial charge in [-0.3, -0.25) is 4.79 Å². The van der Waals surface area contributed by atoms with Crippen molar-refractivity contribution in [3.63, 3.8) is 0 Å². The van der Waals surface area contributed by atoms with E-state index >= 15 is 0 Å². The summed E-state index contributed by atoms with van der Waals surface area (Å²) >= 11 is 0. The molecule has 0 radical (unpaired) electrons. The molecule has 0 unspecified atom stereocenters. The van der Waals surface area contributed by atoms with Gasteiger partial charge in [-0.2, -0.15) is 0 Å². The van der Waals surface area contributed by atoms with Crippen LogP contribution >= 0.6 is 0 Å². The van der Waals surface area contributed by atoms with Crippen LogP contribution in [0.4, 0.5) is 5.95 Å². The highest BCUT2D eigenvalue weighted by Crippen LogP contribution is 2.16. The quantitative estimate of drug-likeness (QED) is 0.802. The third-order valence-corrected chi connectivity index (χ3v) is 3.14. The predicted octanol–water partition coefficient (Wildman–Crippen LogP) is 1.31. The Morgan fingerprint density at radius 3 is 2.88 bits per heavy atom. The maximum absolute atomic E-state index is 11.5. The van der Waals surface area contributed by atoms with E-state index < -0.39 is 0 Å². The van der Waals surface area contributed by atoms with Crippen LogP contribution in [0.2, 0.25) is 0 Å². The first-order valence-corrected chi connectivity index (χ1v) is 5.94. The average molecular weight is 230 g/mol. The molecule has 1 aliphatic rings. The monoisotopic (exact) mass is 230 g/mol. The van der Waals surface area contributed by atoms with Crippen molar-refractivity contribution >= 4 is 16.9 Å². The molecule has 5 nitrogen and oxygen atoms in total. The molecule has 88 valence electrons. The number of hydrogen-bond acceptors (Lipinski definition) is 4. The number of aromatic amines is 1. The maximum atomic E-state index is 11.5. The van der Waals surface area contributed by atoms with Crippen molar-refractivity contribution < 1.29 is 0 Å². The Bertz CT molecular complexity index is 586. The molecule has 0 saturated carbocycles. The molecule has 0 aromatic carbocycles. The number of nitrogens with one attached hydrogen (secondary N) is 1. The van der Waals surface area contributed by atoms with E-state index in [4.69, 9.17) is 0 Å². The molecule has 0 aliphatic carbocycles. The fraction of sp³-hybridized carbons (Fsp3) is 0.417. The Kier molecular flexibility index (Phi) is 2.51. The minimum atomic E-state index is -0.132. The van der Waals surface area contributed by atoms with Crippen molar-refractivity contribution in [2.45, 2.75) is 19.3 Å². The summed E-state index contributed by atoms with van der Waals surface area (Å²) in [6.07, 6.45) is 6.90. The minimum absolute atomic E-state index is 0.132. The lowest BCUT2D eigenvalue weighted by Crippen LogP contribution is -2.31. The second kappa shape index (κ2) is 4.16. The number of nitrogens with zero attached hydrogens (tertiary/aromatic N) is 3. The van der Waals surface area contributed by atoms with Gasteiger partial charge in [0.1, 0.15) is 0 Å². The molecule has 17 heavy (non-hydrogen) atoms. The van der Waals surface area contributed by atoms with Crippen LogP contribution in [0.25, 0.3) is 10.9 Å². The van der Waals surface area contributed by atoms with E-state index in [1.54, 1.807) is 12.4 Å². The van der Waals surface area contributed by atoms with Gasteiger partial charge in [-0.25, -0.2) is 9.97 Å². The largest absolute Gasteiger partial charge is 0.341 e. The molecule has 1 fully saturated rings. The third kappa shape index (κ3) is 1.88. The SMILES string of the molecule is O=c1[nH]ccc2nc(N3CCCCC3)ncc12. The highest BCUT2D eigenvalue weighted by atomic mass is 16.1. The van der Waals surface area contributed by atoms with Crippen molar-refractivity contribution in [1.82, 2.24) is 15.0 Å². The van der Waals surface area contributed by atoms with Crippen LogP contribution in [0, 0.1) is 0 Å². The van der Waals surface area contributed by atoms with Gasteiger partial charge in [0.25, 0.3) is 5.56 Å². The number of hydrogen-bond donors (Lipinski definition) is 1. The topological polar surface area (TPSA) is 61.9 Å². The highest BCUT2D eigenvalue weighted by molar-refractivity contribution is 5.77. The molecule has 0 atom stereocenters. The smallest absolute Gasteiger partial charge is 0.258 e. The molecular formula is C12H14N4O. The third-order valence-electron chi connectivity index (χ3n) is 3.14. The second-order valence-corrected chi connectivity index (χ2v) is 4.32. The minimum Gasteiger partial charge on any atom is -0.341 e. The lowest BCUT2D eigenvalue weighted by atomic mass is 10.1. The maximum Gasteiger partial charge on any atom is 0.258 e. The molecular weight excluding hydrogens is 216 g/mol. The molecule has 5 heteroatoms. The Morgan fingerprint density at radius 1 is 1.24 bits per heavy atom. The highest BCUT2D eigenvalue weighted by Gasteiger charge is 2.13. The van der Waals surface area contributed by atoms with Crippen LogP contribution in [0.5, 0.6) is 0 Å². The fourth-order valence-corrected chi connectivity index (χ4v) is 2.21. The van der Waals surface area contributed by atoms with Crippen molar-refractivity contribution in [2.75, 3.05) is 18.0 Å². The van der Waals surface area contributed by atoms with Gasteiger partial charge in [-0.15, -0.1) is 0 Å². The summed E-state index contributed by atoms with van der Waals surface area (Å²) < 4.78 is 0. The molecule has 0 spiro atoms. The Labute approximate surface area is 98.5 Å². The van der Waals surface area contributed by atoms with Gasteiger partial charge < -0.3 is 9.88 Å². The number of H-pyrrole nitrogens is 1. The van der Waals surface area contributed by atoms with E-state index in [0.717, 1.165) is 19.0 Å². The fourth-order valence-electron chi connectivity index (χ4n) is 2.21. The summed E-state index contributed by atoms with van der Waals surface area (Å²) in [6, 6.07) is 1.81. The van der Waals surface area contributed by atoms with Gasteiger partial charge in [0, 0.05) is 25.5 Å². The molecule has 1 saturated heterocycles. The van der Waals surface area contributed by atoms with Crippen molar-refractivity contribution in [3.05, 3.63) is 28.8 Å². The van der Waals surface area contributed by atoms with Gasteiger partial charge >= 0.3 is 0 Å². The zero-order chi connectivity index (χ0) is 11.7. The van der Waals surface area contributed by atoms with Gasteiger partial charge in [-0.05, 0) is 25.3 Å². The van der Waals surface area contributed by atoms with Crippen LogP contribution in [-0.2, 0) is 0 Å². The number of anilines is 1. The number of aromatic nitrogens is 3. The summed E-state index contributed by atoms with van der Waals surface area (Å²) in [5, 5.41) is 0.549. The number of rotatable bonds is 1. The first kappa shape index (κ1) is 10.3. The molecule has 3 rings (SSSR count). The zero-order valence-corrected chi connectivity index (χ0v) is 9.52. The van der Waals surface area contributed by atoms with Gasteiger partial charge in [0.05, 0.1) is 10.9 Å². The van der Waals surface area contributed by atoms with Gasteiger partial charge in [-0.1, -0.05) is 0 Å². The Hall–Kier alpha value is -1.91. The molecule has 0 amide bonds. The van der Waals surface area contributed by atoms with Crippen LogP contribution in [0.15, 0.2) is 23.3 Å². The van der Waals surface area contributed by atoms with Crippen molar-refractivity contribution in [3.8, 4) is 0 Å². The number of piperidine rings is 1. The van der Waals surface area contributed by atoms with E-state index in [1.165, 1.54) is 19.3 Å². The molecule has 2 aromatic rings. The van der Waals surface area contributed by atoms with Crippen molar-refractivity contribution in [1.29, 1.82) is 0 Å². The molecule has 3 heterocycles. The van der Waals surface area contributed by atoms with E-state index in [1.807, 2.05) is 6.07 Å². The van der Waals surface area contributed by atoms with E-state index in [9.17, 15) is 4.79 Å². The standard InChI is InChI=1S/C12H14N4O/c17-11-9-8-14-12(15-10(9)4-5-13-11)16-6-2-1-3-7-16/h4-5,8H,1-3,6-7H2,(H,13,17). The average Bonchev–Trinajstić information content (AvgIpc) is 2.40. The first-order valence-electron chi connectivity index (χ1n) is 5.94. The van der Waals surface area contributed by atoms with E-state index in [2.05, 4.69) is 19.9 Å². The normalized spacial score (nSPS) is 16.4. The van der Waals surface area contributed by atoms with Crippen LogP contribution in [0.3, 0.4) is 0 Å². The number of fused-ring (bicyclic) bond motifs is 1. The summed E-state index contributed by atoms with van der Waals surface area (Å²) in [5.74, 6) is 0.739. The molecule has 1 N–H and O–H groups in total. The van der Waals surface area contributed by atoms with E-state index in [-0.39, 0.29) is 5.56 Å². The predicted molar refractivity (Wildman–Crippen MR) is 66.2 cm³/mol.